The first-order valence-electron chi connectivity index (χ1n) is 6.56. The highest BCUT2D eigenvalue weighted by Gasteiger charge is 2.21. The van der Waals surface area contributed by atoms with E-state index in [-0.39, 0.29) is 22.6 Å². The summed E-state index contributed by atoms with van der Waals surface area (Å²) in [5, 5.41) is 3.47. The summed E-state index contributed by atoms with van der Waals surface area (Å²) < 4.78 is 32.4. The normalized spacial score (nSPS) is 13.4. The largest absolute Gasteiger partial charge is 0.377 e. The molecule has 1 aromatic rings. The monoisotopic (exact) mass is 354 g/mol. The van der Waals surface area contributed by atoms with Crippen LogP contribution >= 0.6 is 23.2 Å². The van der Waals surface area contributed by atoms with Crippen molar-refractivity contribution in [2.24, 2.45) is 0 Å². The molecule has 120 valence electrons. The molecule has 0 amide bonds. The van der Waals surface area contributed by atoms with E-state index in [9.17, 15) is 8.42 Å². The van der Waals surface area contributed by atoms with E-state index in [1.165, 1.54) is 12.1 Å². The number of sulfonamides is 1. The Kier molecular flexibility index (Phi) is 7.39. The Labute approximate surface area is 136 Å². The summed E-state index contributed by atoms with van der Waals surface area (Å²) in [4.78, 5) is 0.0162. The molecular formula is C13H20Cl2N2O3S. The zero-order valence-corrected chi connectivity index (χ0v) is 14.6. The molecule has 1 rings (SSSR count). The lowest BCUT2D eigenvalue weighted by atomic mass is 10.2. The number of rotatable bonds is 8. The predicted octanol–water partition coefficient (Wildman–Crippen LogP) is 2.42. The van der Waals surface area contributed by atoms with Crippen LogP contribution in [0.1, 0.15) is 19.4 Å². The Morgan fingerprint density at radius 3 is 2.57 bits per heavy atom. The van der Waals surface area contributed by atoms with Crippen molar-refractivity contribution in [1.82, 2.24) is 10.0 Å². The third-order valence-corrected chi connectivity index (χ3v) is 5.17. The highest BCUT2D eigenvalue weighted by Crippen LogP contribution is 2.30. The first kappa shape index (κ1) is 18.7. The Morgan fingerprint density at radius 2 is 2.00 bits per heavy atom. The molecule has 0 spiro atoms. The van der Waals surface area contributed by atoms with Crippen molar-refractivity contribution in [2.45, 2.75) is 31.4 Å². The molecule has 0 saturated carbocycles. The first-order chi connectivity index (χ1) is 9.83. The number of nitrogens with one attached hydrogen (secondary N) is 2. The predicted molar refractivity (Wildman–Crippen MR) is 85.5 cm³/mol. The summed E-state index contributed by atoms with van der Waals surface area (Å²) >= 11 is 12.2. The Bertz CT molecular complexity index is 579. The second-order valence-corrected chi connectivity index (χ2v) is 7.01. The van der Waals surface area contributed by atoms with Crippen LogP contribution < -0.4 is 10.0 Å². The van der Waals surface area contributed by atoms with Gasteiger partial charge in [0.1, 0.15) is 4.90 Å². The molecule has 0 saturated heterocycles. The van der Waals surface area contributed by atoms with Crippen LogP contribution in [0.4, 0.5) is 0 Å². The lowest BCUT2D eigenvalue weighted by Gasteiger charge is -2.15. The van der Waals surface area contributed by atoms with Crippen LogP contribution in [0.25, 0.3) is 0 Å². The fourth-order valence-corrected chi connectivity index (χ4v) is 3.80. The van der Waals surface area contributed by atoms with E-state index in [4.69, 9.17) is 27.9 Å². The number of benzene rings is 1. The molecular weight excluding hydrogens is 335 g/mol. The lowest BCUT2D eigenvalue weighted by molar-refractivity contribution is 0.0799. The van der Waals surface area contributed by atoms with Gasteiger partial charge in [-0.3, -0.25) is 0 Å². The van der Waals surface area contributed by atoms with Crippen molar-refractivity contribution >= 4 is 33.2 Å². The minimum absolute atomic E-state index is 0.0162. The van der Waals surface area contributed by atoms with Crippen molar-refractivity contribution in [3.8, 4) is 0 Å². The number of ether oxygens (including phenoxy) is 1. The van der Waals surface area contributed by atoms with Gasteiger partial charge in [-0.05, 0) is 33.0 Å². The van der Waals surface area contributed by atoms with Gasteiger partial charge in [0, 0.05) is 30.3 Å². The van der Waals surface area contributed by atoms with E-state index in [1.807, 2.05) is 6.92 Å². The van der Waals surface area contributed by atoms with E-state index in [2.05, 4.69) is 10.0 Å². The molecule has 1 unspecified atom stereocenters. The highest BCUT2D eigenvalue weighted by molar-refractivity contribution is 7.89. The average Bonchev–Trinajstić information content (AvgIpc) is 2.41. The first-order valence-corrected chi connectivity index (χ1v) is 8.80. The zero-order valence-electron chi connectivity index (χ0n) is 12.2. The van der Waals surface area contributed by atoms with Crippen molar-refractivity contribution in [3.63, 3.8) is 0 Å². The molecule has 21 heavy (non-hydrogen) atoms. The number of hydrogen-bond donors (Lipinski definition) is 2. The van der Waals surface area contributed by atoms with Crippen molar-refractivity contribution in [2.75, 3.05) is 20.2 Å². The minimum atomic E-state index is -3.71. The molecule has 0 heterocycles. The van der Waals surface area contributed by atoms with Crippen molar-refractivity contribution in [1.29, 1.82) is 0 Å². The van der Waals surface area contributed by atoms with Gasteiger partial charge in [-0.15, -0.1) is 0 Å². The van der Waals surface area contributed by atoms with Gasteiger partial charge >= 0.3 is 0 Å². The molecule has 0 aliphatic rings. The van der Waals surface area contributed by atoms with Gasteiger partial charge in [-0.1, -0.05) is 23.2 Å². The van der Waals surface area contributed by atoms with Crippen molar-refractivity contribution in [3.05, 3.63) is 27.7 Å². The van der Waals surface area contributed by atoms with Gasteiger partial charge in [-0.2, -0.15) is 0 Å². The summed E-state index contributed by atoms with van der Waals surface area (Å²) in [6, 6.07) is 2.93. The average molecular weight is 355 g/mol. The maximum absolute atomic E-state index is 12.3. The smallest absolute Gasteiger partial charge is 0.242 e. The maximum Gasteiger partial charge on any atom is 0.242 e. The molecule has 0 aliphatic carbocycles. The van der Waals surface area contributed by atoms with E-state index in [1.54, 1.807) is 14.0 Å². The van der Waals surface area contributed by atoms with Crippen LogP contribution in [0.2, 0.25) is 10.0 Å². The molecule has 0 fully saturated rings. The number of halogens is 2. The molecule has 2 N–H and O–H groups in total. The Morgan fingerprint density at radius 1 is 1.33 bits per heavy atom. The lowest BCUT2D eigenvalue weighted by Crippen LogP contribution is -2.32. The fourth-order valence-electron chi connectivity index (χ4n) is 1.77. The van der Waals surface area contributed by atoms with Gasteiger partial charge in [0.15, 0.2) is 0 Å². The van der Waals surface area contributed by atoms with Gasteiger partial charge in [0.05, 0.1) is 11.1 Å². The zero-order chi connectivity index (χ0) is 16.0. The Balaban J connectivity index is 3.01. The summed E-state index contributed by atoms with van der Waals surface area (Å²) in [5.74, 6) is 0. The third kappa shape index (κ3) is 5.09. The van der Waals surface area contributed by atoms with Crippen molar-refractivity contribution < 1.29 is 13.2 Å². The van der Waals surface area contributed by atoms with Crippen LogP contribution in [0.3, 0.4) is 0 Å². The van der Waals surface area contributed by atoms with E-state index < -0.39 is 10.0 Å². The van der Waals surface area contributed by atoms with E-state index in [0.717, 1.165) is 0 Å². The molecule has 5 nitrogen and oxygen atoms in total. The van der Waals surface area contributed by atoms with Gasteiger partial charge in [0.2, 0.25) is 10.0 Å². The van der Waals surface area contributed by atoms with Gasteiger partial charge in [0.25, 0.3) is 0 Å². The topological polar surface area (TPSA) is 67.4 Å². The van der Waals surface area contributed by atoms with Crippen LogP contribution in [0.15, 0.2) is 17.0 Å². The van der Waals surface area contributed by atoms with Crippen LogP contribution in [0.5, 0.6) is 0 Å². The van der Waals surface area contributed by atoms with Gasteiger partial charge < -0.3 is 10.1 Å². The summed E-state index contributed by atoms with van der Waals surface area (Å²) in [5.41, 5.74) is 0.557. The highest BCUT2D eigenvalue weighted by atomic mass is 35.5. The summed E-state index contributed by atoms with van der Waals surface area (Å²) in [6.45, 7) is 4.73. The molecule has 1 atom stereocenters. The van der Waals surface area contributed by atoms with E-state index in [0.29, 0.717) is 23.7 Å². The maximum atomic E-state index is 12.3. The van der Waals surface area contributed by atoms with Gasteiger partial charge in [-0.25, -0.2) is 13.1 Å². The number of hydrogen-bond acceptors (Lipinski definition) is 4. The Hall–Kier alpha value is -0.370. The summed E-state index contributed by atoms with van der Waals surface area (Å²) in [7, 11) is -1.98. The fraction of sp³-hybridized carbons (Fsp3) is 0.538. The van der Waals surface area contributed by atoms with E-state index >= 15 is 0 Å². The summed E-state index contributed by atoms with van der Waals surface area (Å²) in [6.07, 6.45) is -0.215. The molecule has 8 heteroatoms. The minimum Gasteiger partial charge on any atom is -0.377 e. The van der Waals surface area contributed by atoms with Crippen LogP contribution in [-0.4, -0.2) is 34.7 Å². The molecule has 0 radical (unpaired) electrons. The van der Waals surface area contributed by atoms with Crippen LogP contribution in [-0.2, 0) is 21.3 Å². The second-order valence-electron chi connectivity index (χ2n) is 4.49. The third-order valence-electron chi connectivity index (χ3n) is 2.81. The SMILES string of the molecule is CCOC(C)CNS(=O)(=O)c1ccc(Cl)c(CNC)c1Cl. The second kappa shape index (κ2) is 8.31. The molecule has 0 aromatic heterocycles. The molecule has 0 bridgehead atoms. The quantitative estimate of drug-likeness (QED) is 0.752. The standard InChI is InChI=1S/C13H20Cl2N2O3S/c1-4-20-9(2)7-17-21(18,19)12-6-5-11(14)10(8-16-3)13(12)15/h5-6,9,16-17H,4,7-8H2,1-3H3. The van der Waals surface area contributed by atoms with Crippen LogP contribution in [0, 0.1) is 0 Å². The molecule has 1 aromatic carbocycles. The molecule has 0 aliphatic heterocycles.